The molecule has 4 rings (SSSR count). The number of aromatic nitrogens is 1. The summed E-state index contributed by atoms with van der Waals surface area (Å²) in [5.41, 5.74) is 1.33. The van der Waals surface area contributed by atoms with E-state index in [0.29, 0.717) is 5.91 Å². The minimum atomic E-state index is 0.152. The van der Waals surface area contributed by atoms with Gasteiger partial charge in [-0.15, -0.1) is 11.3 Å². The Bertz CT molecular complexity index is 698. The Balaban J connectivity index is 1.30. The molecule has 1 aromatic carbocycles. The maximum atomic E-state index is 13.0. The highest BCUT2D eigenvalue weighted by molar-refractivity contribution is 7.13. The van der Waals surface area contributed by atoms with Gasteiger partial charge in [0.2, 0.25) is 5.91 Å². The molecule has 0 radical (unpaired) electrons. The van der Waals surface area contributed by atoms with Gasteiger partial charge in [-0.3, -0.25) is 9.69 Å². The van der Waals surface area contributed by atoms with Crippen molar-refractivity contribution in [1.82, 2.24) is 14.8 Å². The zero-order chi connectivity index (χ0) is 17.8. The van der Waals surface area contributed by atoms with Gasteiger partial charge >= 0.3 is 0 Å². The number of likely N-dealkylation sites (tertiary alicyclic amines) is 1. The number of carbonyl (C=O) groups is 1. The molecular formula is C20H26N4OS. The topological polar surface area (TPSA) is 39.7 Å². The van der Waals surface area contributed by atoms with Crippen molar-refractivity contribution in [3.05, 3.63) is 47.5 Å². The van der Waals surface area contributed by atoms with Crippen molar-refractivity contribution < 1.29 is 4.79 Å². The second-order valence-electron chi connectivity index (χ2n) is 7.19. The number of carbonyl (C=O) groups excluding carboxylic acids is 1. The van der Waals surface area contributed by atoms with Crippen molar-refractivity contribution in [2.75, 3.05) is 44.2 Å². The summed E-state index contributed by atoms with van der Waals surface area (Å²) in [6.07, 6.45) is 3.99. The third-order valence-electron chi connectivity index (χ3n) is 5.38. The zero-order valence-corrected chi connectivity index (χ0v) is 15.9. The molecule has 6 heteroatoms. The number of amides is 1. The van der Waals surface area contributed by atoms with Crippen LogP contribution in [-0.2, 0) is 11.3 Å². The van der Waals surface area contributed by atoms with Gasteiger partial charge in [-0.05, 0) is 24.9 Å². The van der Waals surface area contributed by atoms with E-state index in [0.717, 1.165) is 63.8 Å². The normalized spacial score (nSPS) is 21.8. The van der Waals surface area contributed by atoms with E-state index >= 15 is 0 Å². The van der Waals surface area contributed by atoms with Gasteiger partial charge in [-0.25, -0.2) is 4.98 Å². The summed E-state index contributed by atoms with van der Waals surface area (Å²) >= 11 is 1.67. The van der Waals surface area contributed by atoms with E-state index in [4.69, 9.17) is 0 Å². The minimum absolute atomic E-state index is 0.152. The summed E-state index contributed by atoms with van der Waals surface area (Å²) in [4.78, 5) is 24.2. The summed E-state index contributed by atoms with van der Waals surface area (Å²) in [6.45, 7) is 6.33. The van der Waals surface area contributed by atoms with E-state index in [1.54, 1.807) is 11.3 Å². The van der Waals surface area contributed by atoms with Gasteiger partial charge in [0.25, 0.3) is 0 Å². The molecule has 0 aliphatic carbocycles. The number of hydrogen-bond acceptors (Lipinski definition) is 5. The number of piperazine rings is 1. The number of thiazole rings is 1. The Morgan fingerprint density at radius 3 is 2.65 bits per heavy atom. The third kappa shape index (κ3) is 4.07. The molecule has 5 nitrogen and oxygen atoms in total. The lowest BCUT2D eigenvalue weighted by atomic mass is 9.95. The fourth-order valence-corrected chi connectivity index (χ4v) is 4.69. The number of benzene rings is 1. The van der Waals surface area contributed by atoms with E-state index < -0.39 is 0 Å². The fraction of sp³-hybridized carbons (Fsp3) is 0.500. The molecule has 0 bridgehead atoms. The molecular weight excluding hydrogens is 344 g/mol. The summed E-state index contributed by atoms with van der Waals surface area (Å²) in [7, 11) is 0. The molecule has 2 saturated heterocycles. The smallest absolute Gasteiger partial charge is 0.227 e. The third-order valence-corrected chi connectivity index (χ3v) is 6.22. The van der Waals surface area contributed by atoms with E-state index in [1.807, 2.05) is 11.6 Å². The van der Waals surface area contributed by atoms with Gasteiger partial charge in [0.1, 0.15) is 0 Å². The molecule has 0 N–H and O–H groups in total. The van der Waals surface area contributed by atoms with E-state index in [-0.39, 0.29) is 5.92 Å². The number of anilines is 1. The fourth-order valence-electron chi connectivity index (χ4n) is 3.99. The van der Waals surface area contributed by atoms with Gasteiger partial charge in [-0.2, -0.15) is 0 Å². The summed E-state index contributed by atoms with van der Waals surface area (Å²) in [5.74, 6) is 0.500. The standard InChI is InChI=1S/C20H26N4OS/c25-19(23-10-12-24(13-11-23)20-21-8-14-26-20)18-7-4-9-22(16-18)15-17-5-2-1-3-6-17/h1-3,5-6,8,14,18H,4,7,9-13,15-16H2. The van der Waals surface area contributed by atoms with Crippen LogP contribution in [-0.4, -0.2) is 60.0 Å². The lowest BCUT2D eigenvalue weighted by molar-refractivity contribution is -0.137. The molecule has 2 aromatic rings. The molecule has 2 aliphatic heterocycles. The average Bonchev–Trinajstić information content (AvgIpc) is 3.23. The van der Waals surface area contributed by atoms with Crippen LogP contribution in [0.3, 0.4) is 0 Å². The highest BCUT2D eigenvalue weighted by atomic mass is 32.1. The Hall–Kier alpha value is -1.92. The Labute approximate surface area is 159 Å². The molecule has 2 fully saturated rings. The van der Waals surface area contributed by atoms with E-state index in [9.17, 15) is 4.79 Å². The lowest BCUT2D eigenvalue weighted by Gasteiger charge is -2.39. The number of rotatable bonds is 4. The first-order valence-corrected chi connectivity index (χ1v) is 10.4. The van der Waals surface area contributed by atoms with Crippen LogP contribution in [0.4, 0.5) is 5.13 Å². The highest BCUT2D eigenvalue weighted by Crippen LogP contribution is 2.23. The number of hydrogen-bond donors (Lipinski definition) is 0. The van der Waals surface area contributed by atoms with Crippen molar-refractivity contribution in [2.45, 2.75) is 19.4 Å². The van der Waals surface area contributed by atoms with Crippen molar-refractivity contribution in [3.63, 3.8) is 0 Å². The van der Waals surface area contributed by atoms with Crippen LogP contribution in [0.2, 0.25) is 0 Å². The molecule has 0 spiro atoms. The van der Waals surface area contributed by atoms with Crippen LogP contribution in [0.1, 0.15) is 18.4 Å². The molecule has 138 valence electrons. The minimum Gasteiger partial charge on any atom is -0.345 e. The zero-order valence-electron chi connectivity index (χ0n) is 15.1. The van der Waals surface area contributed by atoms with Crippen LogP contribution in [0.25, 0.3) is 0 Å². The van der Waals surface area contributed by atoms with Crippen molar-refractivity contribution in [3.8, 4) is 0 Å². The molecule has 1 unspecified atom stereocenters. The molecule has 26 heavy (non-hydrogen) atoms. The Kier molecular flexibility index (Phi) is 5.51. The monoisotopic (exact) mass is 370 g/mol. The van der Waals surface area contributed by atoms with Gasteiger partial charge in [-0.1, -0.05) is 30.3 Å². The molecule has 1 atom stereocenters. The molecule has 0 saturated carbocycles. The van der Waals surface area contributed by atoms with Gasteiger partial charge < -0.3 is 9.80 Å². The number of nitrogens with zero attached hydrogens (tertiary/aromatic N) is 4. The maximum Gasteiger partial charge on any atom is 0.227 e. The van der Waals surface area contributed by atoms with Crippen LogP contribution in [0.5, 0.6) is 0 Å². The first kappa shape index (κ1) is 17.5. The summed E-state index contributed by atoms with van der Waals surface area (Å²) < 4.78 is 0. The van der Waals surface area contributed by atoms with Crippen LogP contribution >= 0.6 is 11.3 Å². The van der Waals surface area contributed by atoms with Crippen LogP contribution in [0, 0.1) is 5.92 Å². The van der Waals surface area contributed by atoms with Crippen molar-refractivity contribution >= 4 is 22.4 Å². The molecule has 2 aliphatic rings. The second kappa shape index (κ2) is 8.18. The highest BCUT2D eigenvalue weighted by Gasteiger charge is 2.31. The predicted octanol–water partition coefficient (Wildman–Crippen LogP) is 2.70. The van der Waals surface area contributed by atoms with Crippen molar-refractivity contribution in [2.24, 2.45) is 5.92 Å². The van der Waals surface area contributed by atoms with Crippen LogP contribution in [0.15, 0.2) is 41.9 Å². The molecule has 1 aromatic heterocycles. The average molecular weight is 371 g/mol. The number of piperidine rings is 1. The summed E-state index contributed by atoms with van der Waals surface area (Å²) in [6, 6.07) is 10.6. The SMILES string of the molecule is O=C(C1CCCN(Cc2ccccc2)C1)N1CCN(c2nccs2)CC1. The van der Waals surface area contributed by atoms with Gasteiger partial charge in [0.15, 0.2) is 5.13 Å². The van der Waals surface area contributed by atoms with Gasteiger partial charge in [0.05, 0.1) is 5.92 Å². The maximum absolute atomic E-state index is 13.0. The summed E-state index contributed by atoms with van der Waals surface area (Å²) in [5, 5.41) is 3.08. The second-order valence-corrected chi connectivity index (χ2v) is 8.06. The Morgan fingerprint density at radius 2 is 1.92 bits per heavy atom. The quantitative estimate of drug-likeness (QED) is 0.830. The van der Waals surface area contributed by atoms with Gasteiger partial charge in [0, 0.05) is 50.8 Å². The Morgan fingerprint density at radius 1 is 1.12 bits per heavy atom. The largest absolute Gasteiger partial charge is 0.345 e. The molecule has 3 heterocycles. The first-order valence-electron chi connectivity index (χ1n) is 9.49. The lowest BCUT2D eigenvalue weighted by Crippen LogP contribution is -2.52. The van der Waals surface area contributed by atoms with Crippen molar-refractivity contribution in [1.29, 1.82) is 0 Å². The first-order chi connectivity index (χ1) is 12.8. The van der Waals surface area contributed by atoms with E-state index in [1.165, 1.54) is 5.56 Å². The van der Waals surface area contributed by atoms with Crippen LogP contribution < -0.4 is 4.90 Å². The predicted molar refractivity (Wildman–Crippen MR) is 105 cm³/mol. The molecule has 1 amide bonds. The van der Waals surface area contributed by atoms with E-state index in [2.05, 4.69) is 50.0 Å².